The number of benzene rings is 1. The van der Waals surface area contributed by atoms with Crippen molar-refractivity contribution in [1.29, 1.82) is 0 Å². The lowest BCUT2D eigenvalue weighted by Crippen LogP contribution is -2.47. The van der Waals surface area contributed by atoms with Crippen LogP contribution >= 0.6 is 0 Å². The molecule has 1 saturated heterocycles. The lowest BCUT2D eigenvalue weighted by atomic mass is 10.2. The summed E-state index contributed by atoms with van der Waals surface area (Å²) in [6.45, 7) is 7.16. The molecule has 1 aromatic carbocycles. The van der Waals surface area contributed by atoms with E-state index in [1.807, 2.05) is 13.8 Å². The number of rotatable bonds is 5. The molecule has 1 unspecified atom stereocenters. The predicted molar refractivity (Wildman–Crippen MR) is 100 cm³/mol. The fraction of sp³-hybridized carbons (Fsp3) is 0.421. The molecule has 0 saturated carbocycles. The predicted octanol–water partition coefficient (Wildman–Crippen LogP) is 2.47. The number of hydrogen-bond donors (Lipinski definition) is 1. The van der Waals surface area contributed by atoms with E-state index in [0.717, 1.165) is 38.3 Å². The second-order valence-corrected chi connectivity index (χ2v) is 6.51. The molecule has 0 aliphatic carbocycles. The van der Waals surface area contributed by atoms with Crippen LogP contribution in [0.1, 0.15) is 30.6 Å². The minimum Gasteiger partial charge on any atom is -0.368 e. The van der Waals surface area contributed by atoms with E-state index in [1.54, 1.807) is 24.5 Å². The van der Waals surface area contributed by atoms with E-state index < -0.39 is 0 Å². The van der Waals surface area contributed by atoms with Gasteiger partial charge >= 0.3 is 0 Å². The van der Waals surface area contributed by atoms with Crippen molar-refractivity contribution in [1.82, 2.24) is 15.3 Å². The normalized spacial score (nSPS) is 15.7. The van der Waals surface area contributed by atoms with Crippen LogP contribution < -0.4 is 15.1 Å². The van der Waals surface area contributed by atoms with Crippen LogP contribution in [-0.2, 0) is 0 Å². The van der Waals surface area contributed by atoms with Crippen LogP contribution in [0.5, 0.6) is 0 Å². The van der Waals surface area contributed by atoms with Crippen molar-refractivity contribution in [3.05, 3.63) is 48.0 Å². The van der Waals surface area contributed by atoms with Gasteiger partial charge in [0.15, 0.2) is 0 Å². The number of nitrogens with one attached hydrogen (secondary N) is 1. The van der Waals surface area contributed by atoms with Crippen LogP contribution in [0.3, 0.4) is 0 Å². The number of carbonyl (C=O) groups is 1. The minimum atomic E-state index is -0.224. The van der Waals surface area contributed by atoms with Crippen molar-refractivity contribution in [2.75, 3.05) is 36.0 Å². The van der Waals surface area contributed by atoms with E-state index in [1.165, 1.54) is 12.1 Å². The van der Waals surface area contributed by atoms with E-state index in [2.05, 4.69) is 25.1 Å². The molecule has 1 aromatic heterocycles. The third kappa shape index (κ3) is 4.28. The quantitative estimate of drug-likeness (QED) is 0.891. The van der Waals surface area contributed by atoms with Crippen LogP contribution in [0.4, 0.5) is 16.0 Å². The summed E-state index contributed by atoms with van der Waals surface area (Å²) in [7, 11) is 0. The Kier molecular flexibility index (Phi) is 5.65. The van der Waals surface area contributed by atoms with Gasteiger partial charge in [0.2, 0.25) is 5.95 Å². The molecule has 3 rings (SSSR count). The third-order valence-corrected chi connectivity index (χ3v) is 4.64. The van der Waals surface area contributed by atoms with Gasteiger partial charge in [0, 0.05) is 50.3 Å². The smallest absolute Gasteiger partial charge is 0.254 e. The maximum Gasteiger partial charge on any atom is 0.254 e. The average molecular weight is 357 g/mol. The molecule has 138 valence electrons. The van der Waals surface area contributed by atoms with Gasteiger partial charge in [0.05, 0.1) is 5.56 Å². The number of aromatic nitrogens is 2. The topological polar surface area (TPSA) is 61.4 Å². The number of hydrogen-bond acceptors (Lipinski definition) is 5. The van der Waals surface area contributed by atoms with Gasteiger partial charge in [-0.25, -0.2) is 14.4 Å². The van der Waals surface area contributed by atoms with Crippen LogP contribution in [0.25, 0.3) is 0 Å². The molecule has 0 bridgehead atoms. The van der Waals surface area contributed by atoms with Gasteiger partial charge in [-0.1, -0.05) is 6.92 Å². The Labute approximate surface area is 153 Å². The molecule has 2 aromatic rings. The lowest BCUT2D eigenvalue weighted by molar-refractivity contribution is 0.0938. The van der Waals surface area contributed by atoms with Crippen molar-refractivity contribution < 1.29 is 9.18 Å². The van der Waals surface area contributed by atoms with Crippen LogP contribution in [-0.4, -0.2) is 48.1 Å². The molecule has 1 fully saturated rings. The standard InChI is InChI=1S/C19H24FN5O/c1-3-14(2)23-18(26)15-12-21-19(22-13-15)25-10-8-24(9-11-25)17-6-4-16(20)5-7-17/h4-7,12-14H,3,8-11H2,1-2H3,(H,23,26). The number of anilines is 2. The lowest BCUT2D eigenvalue weighted by Gasteiger charge is -2.36. The minimum absolute atomic E-state index is 0.127. The van der Waals surface area contributed by atoms with Crippen molar-refractivity contribution in [3.63, 3.8) is 0 Å². The molecule has 2 heterocycles. The zero-order valence-electron chi connectivity index (χ0n) is 15.2. The molecule has 1 aliphatic heterocycles. The Morgan fingerprint density at radius 3 is 2.27 bits per heavy atom. The van der Waals surface area contributed by atoms with Gasteiger partial charge in [-0.2, -0.15) is 0 Å². The van der Waals surface area contributed by atoms with Crippen molar-refractivity contribution in [3.8, 4) is 0 Å². The summed E-state index contributed by atoms with van der Waals surface area (Å²) in [4.78, 5) is 25.1. The number of halogens is 1. The highest BCUT2D eigenvalue weighted by atomic mass is 19.1. The van der Waals surface area contributed by atoms with E-state index in [4.69, 9.17) is 0 Å². The number of amides is 1. The maximum absolute atomic E-state index is 13.0. The van der Waals surface area contributed by atoms with Crippen molar-refractivity contribution >= 4 is 17.5 Å². The largest absolute Gasteiger partial charge is 0.368 e. The van der Waals surface area contributed by atoms with E-state index in [0.29, 0.717) is 11.5 Å². The van der Waals surface area contributed by atoms with Crippen LogP contribution in [0, 0.1) is 5.82 Å². The summed E-state index contributed by atoms with van der Waals surface area (Å²) in [5, 5.41) is 2.91. The van der Waals surface area contributed by atoms with Crippen molar-refractivity contribution in [2.45, 2.75) is 26.3 Å². The van der Waals surface area contributed by atoms with Gasteiger partial charge in [-0.05, 0) is 37.6 Å². The Morgan fingerprint density at radius 1 is 1.12 bits per heavy atom. The Balaban J connectivity index is 1.57. The molecule has 6 nitrogen and oxygen atoms in total. The van der Waals surface area contributed by atoms with Crippen LogP contribution in [0.15, 0.2) is 36.7 Å². The first-order valence-corrected chi connectivity index (χ1v) is 8.95. The summed E-state index contributed by atoms with van der Waals surface area (Å²) in [5.41, 5.74) is 1.49. The number of carbonyl (C=O) groups excluding carboxylic acids is 1. The highest BCUT2D eigenvalue weighted by molar-refractivity contribution is 5.93. The summed E-state index contributed by atoms with van der Waals surface area (Å²) < 4.78 is 13.0. The Hall–Kier alpha value is -2.70. The summed E-state index contributed by atoms with van der Waals surface area (Å²) in [6.07, 6.45) is 4.03. The molecule has 7 heteroatoms. The summed E-state index contributed by atoms with van der Waals surface area (Å²) in [5.74, 6) is 0.258. The summed E-state index contributed by atoms with van der Waals surface area (Å²) >= 11 is 0. The summed E-state index contributed by atoms with van der Waals surface area (Å²) in [6, 6.07) is 6.68. The van der Waals surface area contributed by atoms with Gasteiger partial charge in [0.1, 0.15) is 5.82 Å². The first-order chi connectivity index (χ1) is 12.6. The fourth-order valence-corrected chi connectivity index (χ4v) is 2.83. The molecule has 1 amide bonds. The Morgan fingerprint density at radius 2 is 1.69 bits per heavy atom. The van der Waals surface area contributed by atoms with E-state index >= 15 is 0 Å². The van der Waals surface area contributed by atoms with Crippen molar-refractivity contribution in [2.24, 2.45) is 0 Å². The highest BCUT2D eigenvalue weighted by Gasteiger charge is 2.20. The molecule has 1 N–H and O–H groups in total. The third-order valence-electron chi connectivity index (χ3n) is 4.64. The number of piperazine rings is 1. The van der Waals surface area contributed by atoms with Gasteiger partial charge < -0.3 is 15.1 Å². The zero-order valence-corrected chi connectivity index (χ0v) is 15.2. The molecular formula is C19H24FN5O. The van der Waals surface area contributed by atoms with Gasteiger partial charge in [-0.15, -0.1) is 0 Å². The second-order valence-electron chi connectivity index (χ2n) is 6.51. The molecule has 0 spiro atoms. The molecule has 0 radical (unpaired) electrons. The molecule has 1 atom stereocenters. The molecular weight excluding hydrogens is 333 g/mol. The second kappa shape index (κ2) is 8.12. The number of nitrogens with zero attached hydrogens (tertiary/aromatic N) is 4. The SMILES string of the molecule is CCC(C)NC(=O)c1cnc(N2CCN(c3ccc(F)cc3)CC2)nc1. The fourth-order valence-electron chi connectivity index (χ4n) is 2.83. The Bertz CT molecular complexity index is 727. The maximum atomic E-state index is 13.0. The average Bonchev–Trinajstić information content (AvgIpc) is 2.68. The van der Waals surface area contributed by atoms with Gasteiger partial charge in [0.25, 0.3) is 5.91 Å². The van der Waals surface area contributed by atoms with Crippen LogP contribution in [0.2, 0.25) is 0 Å². The molecule has 1 aliphatic rings. The molecule has 26 heavy (non-hydrogen) atoms. The van der Waals surface area contributed by atoms with Gasteiger partial charge in [-0.3, -0.25) is 4.79 Å². The monoisotopic (exact) mass is 357 g/mol. The first-order valence-electron chi connectivity index (χ1n) is 8.95. The van der Waals surface area contributed by atoms with E-state index in [-0.39, 0.29) is 17.8 Å². The van der Waals surface area contributed by atoms with E-state index in [9.17, 15) is 9.18 Å². The zero-order chi connectivity index (χ0) is 18.5. The first kappa shape index (κ1) is 18.1. The highest BCUT2D eigenvalue weighted by Crippen LogP contribution is 2.18.